The number of benzene rings is 3. The van der Waals surface area contributed by atoms with E-state index < -0.39 is 21.7 Å². The van der Waals surface area contributed by atoms with E-state index >= 15 is 0 Å². The summed E-state index contributed by atoms with van der Waals surface area (Å²) in [7, 11) is -0.773. The zero-order valence-corrected chi connectivity index (χ0v) is 24.1. The van der Waals surface area contributed by atoms with Crippen LogP contribution in [0.15, 0.2) is 83.4 Å². The van der Waals surface area contributed by atoms with Gasteiger partial charge in [-0.05, 0) is 66.2 Å². The van der Waals surface area contributed by atoms with E-state index in [1.807, 2.05) is 12.1 Å². The Kier molecular flexibility index (Phi) is 6.71. The molecule has 3 heterocycles. The number of nitrogens with one attached hydrogen (secondary N) is 2. The number of anilines is 1. The van der Waals surface area contributed by atoms with E-state index in [1.165, 1.54) is 38.4 Å². The molecule has 3 aromatic heterocycles. The molecular formula is C32H24FN5O4S. The van der Waals surface area contributed by atoms with Crippen molar-refractivity contribution in [1.82, 2.24) is 15.3 Å². The van der Waals surface area contributed by atoms with Gasteiger partial charge in [0.2, 0.25) is 10.0 Å². The second kappa shape index (κ2) is 10.4. The first-order valence-electron chi connectivity index (χ1n) is 13.1. The van der Waals surface area contributed by atoms with Gasteiger partial charge in [0.05, 0.1) is 40.5 Å². The number of sulfonamides is 1. The van der Waals surface area contributed by atoms with Crippen molar-refractivity contribution >= 4 is 43.5 Å². The molecular weight excluding hydrogens is 569 g/mol. The predicted octanol–water partition coefficient (Wildman–Crippen LogP) is 6.08. The van der Waals surface area contributed by atoms with Gasteiger partial charge in [-0.1, -0.05) is 6.07 Å². The van der Waals surface area contributed by atoms with E-state index in [4.69, 9.17) is 4.42 Å². The average Bonchev–Trinajstić information content (AvgIpc) is 3.61. The average molecular weight is 594 g/mol. The zero-order chi connectivity index (χ0) is 30.5. The minimum atomic E-state index is -3.71. The number of aromatic amines is 1. The lowest BCUT2D eigenvalue weighted by Gasteiger charge is -2.21. The summed E-state index contributed by atoms with van der Waals surface area (Å²) < 4.78 is 46.4. The summed E-state index contributed by atoms with van der Waals surface area (Å²) in [4.78, 5) is 21.0. The summed E-state index contributed by atoms with van der Waals surface area (Å²) in [5.74, 6) is -0.635. The monoisotopic (exact) mass is 593 g/mol. The molecule has 214 valence electrons. The number of furan rings is 1. The van der Waals surface area contributed by atoms with Crippen molar-refractivity contribution in [2.45, 2.75) is 0 Å². The number of H-pyrrole nitrogens is 1. The summed E-state index contributed by atoms with van der Waals surface area (Å²) in [5.41, 5.74) is 4.99. The summed E-state index contributed by atoms with van der Waals surface area (Å²) >= 11 is 0. The Balaban J connectivity index is 1.60. The number of halogens is 1. The molecule has 0 bridgehead atoms. The van der Waals surface area contributed by atoms with Gasteiger partial charge in [-0.25, -0.2) is 12.8 Å². The van der Waals surface area contributed by atoms with E-state index in [0.29, 0.717) is 44.7 Å². The number of aromatic nitrogens is 2. The molecule has 1 amide bonds. The molecule has 0 aliphatic carbocycles. The molecule has 3 aromatic carbocycles. The molecule has 0 saturated heterocycles. The topological polar surface area (TPSA) is 132 Å². The van der Waals surface area contributed by atoms with Crippen LogP contribution >= 0.6 is 0 Å². The number of rotatable bonds is 6. The molecule has 0 unspecified atom stereocenters. The van der Waals surface area contributed by atoms with Crippen LogP contribution in [-0.4, -0.2) is 44.6 Å². The Labute approximate surface area is 246 Å². The number of hydrogen-bond acceptors (Lipinski definition) is 6. The molecule has 6 aromatic rings. The summed E-state index contributed by atoms with van der Waals surface area (Å²) in [6, 6.07) is 21.8. The van der Waals surface area contributed by atoms with Crippen LogP contribution < -0.4 is 9.62 Å². The SMILES string of the molecule is CNC(=O)c1c(-c2ccc(F)cc2)oc2cc(N(C)S(C)(=O)=O)c(-c3ccnc(-c4cc5c(C#N)cccc5[nH]4)c3)cc12. The number of carbonyl (C=O) groups excluding carboxylic acids is 1. The first kappa shape index (κ1) is 27.7. The van der Waals surface area contributed by atoms with Crippen LogP contribution in [0.25, 0.3) is 55.7 Å². The second-order valence-electron chi connectivity index (χ2n) is 9.98. The number of carbonyl (C=O) groups is 1. The van der Waals surface area contributed by atoms with Crippen LogP contribution in [0.3, 0.4) is 0 Å². The normalized spacial score (nSPS) is 11.5. The fourth-order valence-corrected chi connectivity index (χ4v) is 5.60. The maximum atomic E-state index is 13.7. The van der Waals surface area contributed by atoms with Crippen LogP contribution in [0.5, 0.6) is 0 Å². The summed E-state index contributed by atoms with van der Waals surface area (Å²) in [5, 5.41) is 13.4. The van der Waals surface area contributed by atoms with Crippen molar-refractivity contribution in [3.8, 4) is 39.9 Å². The lowest BCUT2D eigenvalue weighted by atomic mass is 9.98. The Hall–Kier alpha value is -5.47. The predicted molar refractivity (Wildman–Crippen MR) is 163 cm³/mol. The minimum absolute atomic E-state index is 0.223. The van der Waals surface area contributed by atoms with Crippen molar-refractivity contribution in [3.05, 3.63) is 95.9 Å². The van der Waals surface area contributed by atoms with Crippen molar-refractivity contribution in [2.24, 2.45) is 0 Å². The molecule has 9 nitrogen and oxygen atoms in total. The van der Waals surface area contributed by atoms with Gasteiger partial charge in [0.25, 0.3) is 5.91 Å². The van der Waals surface area contributed by atoms with Crippen LogP contribution in [0, 0.1) is 17.1 Å². The maximum absolute atomic E-state index is 13.7. The number of nitrogens with zero attached hydrogens (tertiary/aromatic N) is 3. The molecule has 0 radical (unpaired) electrons. The lowest BCUT2D eigenvalue weighted by molar-refractivity contribution is 0.0964. The third-order valence-electron chi connectivity index (χ3n) is 7.34. The van der Waals surface area contributed by atoms with E-state index in [-0.39, 0.29) is 16.9 Å². The fraction of sp³-hybridized carbons (Fsp3) is 0.0938. The molecule has 0 atom stereocenters. The fourth-order valence-electron chi connectivity index (χ4n) is 5.09. The molecule has 0 spiro atoms. The molecule has 0 aliphatic rings. The van der Waals surface area contributed by atoms with Gasteiger partial charge in [-0.2, -0.15) is 5.26 Å². The second-order valence-corrected chi connectivity index (χ2v) is 12.0. The molecule has 0 fully saturated rings. The molecule has 0 aliphatic heterocycles. The molecule has 6 rings (SSSR count). The van der Waals surface area contributed by atoms with Gasteiger partial charge in [-0.15, -0.1) is 0 Å². The summed E-state index contributed by atoms with van der Waals surface area (Å²) in [6.07, 6.45) is 2.70. The highest BCUT2D eigenvalue weighted by Gasteiger charge is 2.26. The zero-order valence-electron chi connectivity index (χ0n) is 23.3. The van der Waals surface area contributed by atoms with Gasteiger partial charge in [0, 0.05) is 53.8 Å². The summed E-state index contributed by atoms with van der Waals surface area (Å²) in [6.45, 7) is 0. The molecule has 11 heteroatoms. The van der Waals surface area contributed by atoms with Crippen LogP contribution in [0.1, 0.15) is 15.9 Å². The van der Waals surface area contributed by atoms with Gasteiger partial charge in [0.1, 0.15) is 17.2 Å². The highest BCUT2D eigenvalue weighted by atomic mass is 32.2. The number of hydrogen-bond donors (Lipinski definition) is 2. The van der Waals surface area contributed by atoms with Crippen LogP contribution in [-0.2, 0) is 10.0 Å². The number of fused-ring (bicyclic) bond motifs is 2. The van der Waals surface area contributed by atoms with Crippen molar-refractivity contribution in [3.63, 3.8) is 0 Å². The Morgan fingerprint density at radius 3 is 2.51 bits per heavy atom. The molecule has 0 saturated carbocycles. The first-order chi connectivity index (χ1) is 20.6. The standard InChI is InChI=1S/C32H24FN5O4S/c1-35-32(39)30-24-14-23(19-11-12-36-26(13-19)27-15-22-20(17-34)5-4-6-25(22)37-27)28(38(2)43(3,40)41)16-29(24)42-31(30)18-7-9-21(33)10-8-18/h4-16,37H,1-3H3,(H,35,39). The highest BCUT2D eigenvalue weighted by Crippen LogP contribution is 2.42. The molecule has 2 N–H and O–H groups in total. The molecule has 43 heavy (non-hydrogen) atoms. The van der Waals surface area contributed by atoms with Crippen molar-refractivity contribution < 1.29 is 22.0 Å². The van der Waals surface area contributed by atoms with E-state index in [9.17, 15) is 22.9 Å². The van der Waals surface area contributed by atoms with E-state index in [2.05, 4.69) is 21.4 Å². The Morgan fingerprint density at radius 1 is 1.05 bits per heavy atom. The minimum Gasteiger partial charge on any atom is -0.455 e. The largest absolute Gasteiger partial charge is 0.455 e. The van der Waals surface area contributed by atoms with Gasteiger partial charge >= 0.3 is 0 Å². The lowest BCUT2D eigenvalue weighted by Crippen LogP contribution is -2.25. The van der Waals surface area contributed by atoms with E-state index in [1.54, 1.807) is 42.6 Å². The third-order valence-corrected chi connectivity index (χ3v) is 8.53. The number of amides is 1. The van der Waals surface area contributed by atoms with E-state index in [0.717, 1.165) is 21.5 Å². The quantitative estimate of drug-likeness (QED) is 0.241. The number of pyridine rings is 1. The van der Waals surface area contributed by atoms with Crippen LogP contribution in [0.2, 0.25) is 0 Å². The Bertz CT molecular complexity index is 2210. The van der Waals surface area contributed by atoms with Crippen molar-refractivity contribution in [1.29, 1.82) is 5.26 Å². The number of nitriles is 1. The van der Waals surface area contributed by atoms with Gasteiger partial charge < -0.3 is 14.7 Å². The van der Waals surface area contributed by atoms with Gasteiger partial charge in [-0.3, -0.25) is 14.1 Å². The smallest absolute Gasteiger partial charge is 0.255 e. The Morgan fingerprint density at radius 2 is 1.81 bits per heavy atom. The maximum Gasteiger partial charge on any atom is 0.255 e. The highest BCUT2D eigenvalue weighted by molar-refractivity contribution is 7.92. The third kappa shape index (κ3) is 4.87. The van der Waals surface area contributed by atoms with Crippen molar-refractivity contribution in [2.75, 3.05) is 24.7 Å². The van der Waals surface area contributed by atoms with Gasteiger partial charge in [0.15, 0.2) is 0 Å². The first-order valence-corrected chi connectivity index (χ1v) is 14.9. The van der Waals surface area contributed by atoms with Crippen LogP contribution in [0.4, 0.5) is 10.1 Å².